The fraction of sp³-hybridized carbons (Fsp3) is 0.333. The van der Waals surface area contributed by atoms with Gasteiger partial charge in [0.2, 0.25) is 5.91 Å². The number of benzene rings is 2. The third-order valence-electron chi connectivity index (χ3n) is 4.82. The molecule has 0 bridgehead atoms. The van der Waals surface area contributed by atoms with Gasteiger partial charge in [-0.05, 0) is 36.6 Å². The van der Waals surface area contributed by atoms with Gasteiger partial charge in [-0.3, -0.25) is 4.79 Å². The SMILES string of the molecule is CSc1ccc2nc(N3CCN(C(=O)CCSc4ccccc4)CC3)sc2c1. The molecule has 0 unspecified atom stereocenters. The normalized spacial score (nSPS) is 14.6. The van der Waals surface area contributed by atoms with Crippen LogP contribution in [0.3, 0.4) is 0 Å². The van der Waals surface area contributed by atoms with Crippen LogP contribution in [0.25, 0.3) is 10.2 Å². The standard InChI is InChI=1S/C21H23N3OS3/c1-26-17-7-8-18-19(15-17)28-21(22-18)24-12-10-23(11-13-24)20(25)9-14-27-16-5-3-2-4-6-16/h2-8,15H,9-14H2,1H3. The van der Waals surface area contributed by atoms with E-state index >= 15 is 0 Å². The number of nitrogens with zero attached hydrogens (tertiary/aromatic N) is 3. The molecule has 1 amide bonds. The molecule has 1 aliphatic rings. The van der Waals surface area contributed by atoms with Crippen molar-refractivity contribution < 1.29 is 4.79 Å². The first-order chi connectivity index (χ1) is 13.7. The van der Waals surface area contributed by atoms with Gasteiger partial charge in [0.1, 0.15) is 0 Å². The third-order valence-corrected chi connectivity index (χ3v) is 7.63. The van der Waals surface area contributed by atoms with Crippen molar-refractivity contribution >= 4 is 56.1 Å². The summed E-state index contributed by atoms with van der Waals surface area (Å²) in [6.45, 7) is 3.27. The molecule has 0 aliphatic carbocycles. The van der Waals surface area contributed by atoms with Crippen LogP contribution in [0.2, 0.25) is 0 Å². The molecule has 7 heteroatoms. The summed E-state index contributed by atoms with van der Waals surface area (Å²) in [6, 6.07) is 16.7. The van der Waals surface area contributed by atoms with Crippen LogP contribution in [0.5, 0.6) is 0 Å². The van der Waals surface area contributed by atoms with Crippen molar-refractivity contribution in [3.63, 3.8) is 0 Å². The number of hydrogen-bond donors (Lipinski definition) is 0. The lowest BCUT2D eigenvalue weighted by molar-refractivity contribution is -0.131. The Hall–Kier alpha value is -1.70. The number of hydrogen-bond acceptors (Lipinski definition) is 6. The lowest BCUT2D eigenvalue weighted by Gasteiger charge is -2.34. The number of anilines is 1. The maximum atomic E-state index is 12.5. The third kappa shape index (κ3) is 4.64. The minimum Gasteiger partial charge on any atom is -0.345 e. The lowest BCUT2D eigenvalue weighted by Crippen LogP contribution is -2.48. The minimum absolute atomic E-state index is 0.261. The summed E-state index contributed by atoms with van der Waals surface area (Å²) in [5.41, 5.74) is 1.06. The molecular weight excluding hydrogens is 406 g/mol. The second-order valence-corrected chi connectivity index (χ2v) is 9.67. The highest BCUT2D eigenvalue weighted by molar-refractivity contribution is 7.99. The van der Waals surface area contributed by atoms with Gasteiger partial charge >= 0.3 is 0 Å². The largest absolute Gasteiger partial charge is 0.345 e. The van der Waals surface area contributed by atoms with Crippen LogP contribution in [0.1, 0.15) is 6.42 Å². The molecule has 0 spiro atoms. The van der Waals surface area contributed by atoms with E-state index in [0.717, 1.165) is 42.6 Å². The van der Waals surface area contributed by atoms with Crippen molar-refractivity contribution in [2.24, 2.45) is 0 Å². The summed E-state index contributed by atoms with van der Waals surface area (Å²) in [5.74, 6) is 1.09. The van der Waals surface area contributed by atoms with E-state index in [9.17, 15) is 4.79 Å². The van der Waals surface area contributed by atoms with E-state index in [1.165, 1.54) is 14.5 Å². The quantitative estimate of drug-likeness (QED) is 0.524. The number of piperazine rings is 1. The van der Waals surface area contributed by atoms with Crippen molar-refractivity contribution in [3.05, 3.63) is 48.5 Å². The van der Waals surface area contributed by atoms with Crippen LogP contribution in [-0.2, 0) is 4.79 Å². The second-order valence-electron chi connectivity index (χ2n) is 6.61. The van der Waals surface area contributed by atoms with Crippen LogP contribution >= 0.6 is 34.9 Å². The first-order valence-corrected chi connectivity index (χ1v) is 12.4. The number of carbonyl (C=O) groups excluding carboxylic acids is 1. The molecule has 2 heterocycles. The molecule has 0 N–H and O–H groups in total. The van der Waals surface area contributed by atoms with E-state index in [0.29, 0.717) is 6.42 Å². The van der Waals surface area contributed by atoms with E-state index in [-0.39, 0.29) is 5.91 Å². The number of amides is 1. The van der Waals surface area contributed by atoms with Gasteiger partial charge in [0.15, 0.2) is 5.13 Å². The number of rotatable bonds is 6. The average molecular weight is 430 g/mol. The molecule has 1 saturated heterocycles. The molecule has 1 aromatic heterocycles. The summed E-state index contributed by atoms with van der Waals surface area (Å²) in [5, 5.41) is 1.07. The average Bonchev–Trinajstić information content (AvgIpc) is 3.18. The van der Waals surface area contributed by atoms with Gasteiger partial charge in [0.05, 0.1) is 10.2 Å². The summed E-state index contributed by atoms with van der Waals surface area (Å²) >= 11 is 5.25. The Morgan fingerprint density at radius 1 is 1.07 bits per heavy atom. The molecule has 4 nitrogen and oxygen atoms in total. The van der Waals surface area contributed by atoms with E-state index in [1.54, 1.807) is 34.9 Å². The fourth-order valence-electron chi connectivity index (χ4n) is 3.23. The molecular formula is C21H23N3OS3. The number of aromatic nitrogens is 1. The molecule has 4 rings (SSSR count). The van der Waals surface area contributed by atoms with E-state index in [1.807, 2.05) is 23.1 Å². The van der Waals surface area contributed by atoms with Crippen LogP contribution in [-0.4, -0.2) is 54.0 Å². The molecule has 3 aromatic rings. The van der Waals surface area contributed by atoms with E-state index in [2.05, 4.69) is 41.5 Å². The highest BCUT2D eigenvalue weighted by atomic mass is 32.2. The Balaban J connectivity index is 1.28. The topological polar surface area (TPSA) is 36.4 Å². The first kappa shape index (κ1) is 19.6. The Bertz CT molecular complexity index is 936. The van der Waals surface area contributed by atoms with E-state index < -0.39 is 0 Å². The van der Waals surface area contributed by atoms with Crippen LogP contribution in [0.4, 0.5) is 5.13 Å². The zero-order chi connectivity index (χ0) is 19.3. The van der Waals surface area contributed by atoms with Crippen molar-refractivity contribution in [1.29, 1.82) is 0 Å². The number of fused-ring (bicyclic) bond motifs is 1. The summed E-state index contributed by atoms with van der Waals surface area (Å²) in [4.78, 5) is 24.1. The van der Waals surface area contributed by atoms with Crippen molar-refractivity contribution in [2.75, 3.05) is 43.1 Å². The smallest absolute Gasteiger partial charge is 0.223 e. The van der Waals surface area contributed by atoms with Crippen LogP contribution < -0.4 is 4.90 Å². The maximum absolute atomic E-state index is 12.5. The number of thiazole rings is 1. The molecule has 1 aliphatic heterocycles. The molecule has 0 atom stereocenters. The van der Waals surface area contributed by atoms with Gasteiger partial charge in [-0.2, -0.15) is 0 Å². The number of carbonyl (C=O) groups is 1. The molecule has 1 fully saturated rings. The van der Waals surface area contributed by atoms with E-state index in [4.69, 9.17) is 4.98 Å². The van der Waals surface area contributed by atoms with Crippen molar-refractivity contribution in [3.8, 4) is 0 Å². The maximum Gasteiger partial charge on any atom is 0.223 e. The molecule has 2 aromatic carbocycles. The molecule has 0 radical (unpaired) electrons. The monoisotopic (exact) mass is 429 g/mol. The molecule has 0 saturated carbocycles. The molecule has 146 valence electrons. The minimum atomic E-state index is 0.261. The highest BCUT2D eigenvalue weighted by Crippen LogP contribution is 2.32. The van der Waals surface area contributed by atoms with Gasteiger partial charge in [0, 0.05) is 48.1 Å². The Morgan fingerprint density at radius 2 is 1.86 bits per heavy atom. The van der Waals surface area contributed by atoms with Gasteiger partial charge in [-0.15, -0.1) is 23.5 Å². The van der Waals surface area contributed by atoms with Crippen molar-refractivity contribution in [1.82, 2.24) is 9.88 Å². The highest BCUT2D eigenvalue weighted by Gasteiger charge is 2.23. The fourth-order valence-corrected chi connectivity index (χ4v) is 5.67. The van der Waals surface area contributed by atoms with Gasteiger partial charge in [-0.1, -0.05) is 29.5 Å². The van der Waals surface area contributed by atoms with Gasteiger partial charge in [0.25, 0.3) is 0 Å². The van der Waals surface area contributed by atoms with Crippen LogP contribution in [0, 0.1) is 0 Å². The molecule has 28 heavy (non-hydrogen) atoms. The summed E-state index contributed by atoms with van der Waals surface area (Å²) in [7, 11) is 0. The first-order valence-electron chi connectivity index (χ1n) is 9.38. The zero-order valence-corrected chi connectivity index (χ0v) is 18.3. The predicted molar refractivity (Wildman–Crippen MR) is 122 cm³/mol. The van der Waals surface area contributed by atoms with Gasteiger partial charge < -0.3 is 9.80 Å². The zero-order valence-electron chi connectivity index (χ0n) is 15.8. The van der Waals surface area contributed by atoms with Crippen LogP contribution in [0.15, 0.2) is 58.3 Å². The summed E-state index contributed by atoms with van der Waals surface area (Å²) < 4.78 is 1.23. The predicted octanol–water partition coefficient (Wildman–Crippen LogP) is 4.85. The summed E-state index contributed by atoms with van der Waals surface area (Å²) in [6.07, 6.45) is 2.69. The number of thioether (sulfide) groups is 2. The lowest BCUT2D eigenvalue weighted by atomic mass is 10.3. The Labute approximate surface area is 178 Å². The van der Waals surface area contributed by atoms with Gasteiger partial charge in [-0.25, -0.2) is 4.98 Å². The van der Waals surface area contributed by atoms with Crippen molar-refractivity contribution in [2.45, 2.75) is 16.2 Å². The Morgan fingerprint density at radius 3 is 2.61 bits per heavy atom. The second kappa shape index (κ2) is 9.20. The Kier molecular flexibility index (Phi) is 6.44.